The molecule has 52 valence electrons. The van der Waals surface area contributed by atoms with Gasteiger partial charge in [-0.05, 0) is 30.6 Å². The van der Waals surface area contributed by atoms with Crippen LogP contribution in [0.4, 0.5) is 0 Å². The predicted molar refractivity (Wildman–Crippen MR) is 39.2 cm³/mol. The molecule has 0 spiro atoms. The summed E-state index contributed by atoms with van der Waals surface area (Å²) in [6.07, 6.45) is 7.60. The van der Waals surface area contributed by atoms with E-state index in [4.69, 9.17) is 0 Å². The Bertz CT molecular complexity index is 96.6. The molecular weight excluding hydrogens is 108 g/mol. The number of rotatable bonds is 2. The van der Waals surface area contributed by atoms with Crippen molar-refractivity contribution in [2.24, 2.45) is 17.8 Å². The van der Waals surface area contributed by atoms with Gasteiger partial charge in [-0.25, -0.2) is 0 Å². The van der Waals surface area contributed by atoms with Crippen LogP contribution in [0.5, 0.6) is 0 Å². The van der Waals surface area contributed by atoms with Gasteiger partial charge in [0.1, 0.15) is 0 Å². The van der Waals surface area contributed by atoms with Crippen molar-refractivity contribution in [1.82, 2.24) is 0 Å². The Kier molecular flexibility index (Phi) is 1.28. The summed E-state index contributed by atoms with van der Waals surface area (Å²) in [7, 11) is 0. The molecule has 0 saturated heterocycles. The maximum absolute atomic E-state index is 2.31. The van der Waals surface area contributed by atoms with E-state index in [-0.39, 0.29) is 0 Å². The Hall–Kier alpha value is 0. The second kappa shape index (κ2) is 2.00. The minimum Gasteiger partial charge on any atom is -0.0654 e. The van der Waals surface area contributed by atoms with Gasteiger partial charge >= 0.3 is 0 Å². The zero-order valence-electron chi connectivity index (χ0n) is 6.27. The lowest BCUT2D eigenvalue weighted by molar-refractivity contribution is 0.546. The monoisotopic (exact) mass is 124 g/mol. The van der Waals surface area contributed by atoms with E-state index in [0.29, 0.717) is 0 Å². The van der Waals surface area contributed by atoms with Crippen molar-refractivity contribution in [2.75, 3.05) is 0 Å². The Morgan fingerprint density at radius 2 is 1.89 bits per heavy atom. The lowest BCUT2D eigenvalue weighted by atomic mass is 10.1. The van der Waals surface area contributed by atoms with Gasteiger partial charge in [0.05, 0.1) is 0 Å². The Balaban J connectivity index is 1.81. The summed E-state index contributed by atoms with van der Waals surface area (Å²) in [5, 5.41) is 0. The summed E-state index contributed by atoms with van der Waals surface area (Å²) >= 11 is 0. The lowest BCUT2D eigenvalue weighted by Gasteiger charge is -1.97. The number of hydrogen-bond acceptors (Lipinski definition) is 0. The van der Waals surface area contributed by atoms with E-state index in [2.05, 4.69) is 6.92 Å². The van der Waals surface area contributed by atoms with Crippen LogP contribution in [0.1, 0.15) is 39.0 Å². The highest BCUT2D eigenvalue weighted by Gasteiger charge is 2.51. The topological polar surface area (TPSA) is 0 Å². The van der Waals surface area contributed by atoms with Crippen LogP contribution in [0.15, 0.2) is 0 Å². The molecule has 0 heterocycles. The first kappa shape index (κ1) is 5.76. The Morgan fingerprint density at radius 1 is 1.22 bits per heavy atom. The highest BCUT2D eigenvalue weighted by Crippen LogP contribution is 2.59. The van der Waals surface area contributed by atoms with Crippen LogP contribution >= 0.6 is 0 Å². The van der Waals surface area contributed by atoms with Crippen molar-refractivity contribution in [3.63, 3.8) is 0 Å². The van der Waals surface area contributed by atoms with Gasteiger partial charge in [-0.3, -0.25) is 0 Å². The van der Waals surface area contributed by atoms with Gasteiger partial charge < -0.3 is 0 Å². The van der Waals surface area contributed by atoms with E-state index >= 15 is 0 Å². The van der Waals surface area contributed by atoms with E-state index in [0.717, 1.165) is 0 Å². The van der Waals surface area contributed by atoms with Crippen LogP contribution in [0, 0.1) is 17.8 Å². The van der Waals surface area contributed by atoms with Crippen molar-refractivity contribution < 1.29 is 0 Å². The Labute approximate surface area is 57.6 Å². The summed E-state index contributed by atoms with van der Waals surface area (Å²) in [6, 6.07) is 0. The molecule has 2 aliphatic rings. The van der Waals surface area contributed by atoms with Crippen LogP contribution in [-0.2, 0) is 0 Å². The molecule has 0 aromatic rings. The van der Waals surface area contributed by atoms with Crippen molar-refractivity contribution >= 4 is 0 Å². The zero-order chi connectivity index (χ0) is 6.27. The van der Waals surface area contributed by atoms with Crippen molar-refractivity contribution in [2.45, 2.75) is 39.0 Å². The fraction of sp³-hybridized carbons (Fsp3) is 1.00. The predicted octanol–water partition coefficient (Wildman–Crippen LogP) is 2.83. The minimum atomic E-state index is 1.18. The standard InChI is InChI=1S/C9H16/c1-2-4-7-8-5-3-6-9(7)8/h7-9H,2-6H2,1H3/t8-,9-/m1/s1. The summed E-state index contributed by atoms with van der Waals surface area (Å²) in [5.74, 6) is 3.58. The van der Waals surface area contributed by atoms with Gasteiger partial charge in [0, 0.05) is 0 Å². The molecule has 2 fully saturated rings. The maximum Gasteiger partial charge on any atom is -0.0352 e. The van der Waals surface area contributed by atoms with E-state index in [1.165, 1.54) is 37.0 Å². The SMILES string of the molecule is CCCC1[C@H]2CCC[C@H]12. The molecule has 2 saturated carbocycles. The molecule has 0 unspecified atom stereocenters. The molecule has 0 aromatic carbocycles. The molecule has 0 bridgehead atoms. The van der Waals surface area contributed by atoms with Crippen LogP contribution < -0.4 is 0 Å². The Morgan fingerprint density at radius 3 is 2.44 bits per heavy atom. The third-order valence-corrected chi connectivity index (χ3v) is 3.21. The van der Waals surface area contributed by atoms with Crippen molar-refractivity contribution in [1.29, 1.82) is 0 Å². The highest BCUT2D eigenvalue weighted by molar-refractivity contribution is 5.00. The highest BCUT2D eigenvalue weighted by atomic mass is 14.6. The molecule has 0 heteroatoms. The molecular formula is C9H16. The van der Waals surface area contributed by atoms with E-state index in [9.17, 15) is 0 Å². The summed E-state index contributed by atoms with van der Waals surface area (Å²) in [5.41, 5.74) is 0. The van der Waals surface area contributed by atoms with Crippen LogP contribution in [-0.4, -0.2) is 0 Å². The minimum absolute atomic E-state index is 1.18. The van der Waals surface area contributed by atoms with E-state index in [1.54, 1.807) is 12.8 Å². The molecule has 0 amide bonds. The smallest absolute Gasteiger partial charge is 0.0352 e. The molecule has 0 N–H and O–H groups in total. The first-order valence-corrected chi connectivity index (χ1v) is 4.43. The molecule has 0 nitrogen and oxygen atoms in total. The summed E-state index contributed by atoms with van der Waals surface area (Å²) < 4.78 is 0. The average molecular weight is 124 g/mol. The number of fused-ring (bicyclic) bond motifs is 1. The normalized spacial score (nSPS) is 47.0. The first-order chi connectivity index (χ1) is 4.43. The van der Waals surface area contributed by atoms with Crippen LogP contribution in [0.2, 0.25) is 0 Å². The zero-order valence-corrected chi connectivity index (χ0v) is 6.27. The third-order valence-electron chi connectivity index (χ3n) is 3.21. The second-order valence-electron chi connectivity index (χ2n) is 3.71. The third kappa shape index (κ3) is 0.798. The molecule has 0 radical (unpaired) electrons. The second-order valence-corrected chi connectivity index (χ2v) is 3.71. The molecule has 2 atom stereocenters. The van der Waals surface area contributed by atoms with Gasteiger partial charge in [-0.15, -0.1) is 0 Å². The quantitative estimate of drug-likeness (QED) is 0.531. The van der Waals surface area contributed by atoms with Crippen molar-refractivity contribution in [3.05, 3.63) is 0 Å². The van der Waals surface area contributed by atoms with Gasteiger partial charge in [-0.1, -0.05) is 26.2 Å². The van der Waals surface area contributed by atoms with Crippen molar-refractivity contribution in [3.8, 4) is 0 Å². The van der Waals surface area contributed by atoms with E-state index < -0.39 is 0 Å². The van der Waals surface area contributed by atoms with E-state index in [1.807, 2.05) is 0 Å². The lowest BCUT2D eigenvalue weighted by Crippen LogP contribution is -1.85. The molecule has 2 rings (SSSR count). The molecule has 2 aliphatic carbocycles. The van der Waals surface area contributed by atoms with Gasteiger partial charge in [-0.2, -0.15) is 0 Å². The van der Waals surface area contributed by atoms with Gasteiger partial charge in [0.25, 0.3) is 0 Å². The fourth-order valence-corrected chi connectivity index (χ4v) is 2.73. The maximum atomic E-state index is 2.31. The van der Waals surface area contributed by atoms with Gasteiger partial charge in [0.2, 0.25) is 0 Å². The van der Waals surface area contributed by atoms with Crippen LogP contribution in [0.25, 0.3) is 0 Å². The van der Waals surface area contributed by atoms with Gasteiger partial charge in [0.15, 0.2) is 0 Å². The molecule has 0 aromatic heterocycles. The largest absolute Gasteiger partial charge is 0.0654 e. The summed E-state index contributed by atoms with van der Waals surface area (Å²) in [4.78, 5) is 0. The number of hydrogen-bond donors (Lipinski definition) is 0. The van der Waals surface area contributed by atoms with Crippen LogP contribution in [0.3, 0.4) is 0 Å². The average Bonchev–Trinajstić information content (AvgIpc) is 2.39. The molecule has 0 aliphatic heterocycles. The molecule has 9 heavy (non-hydrogen) atoms. The fourth-order valence-electron chi connectivity index (χ4n) is 2.73. The summed E-state index contributed by atoms with van der Waals surface area (Å²) in [6.45, 7) is 2.31. The first-order valence-electron chi connectivity index (χ1n) is 4.43.